The summed E-state index contributed by atoms with van der Waals surface area (Å²) in [7, 11) is -7.78. The minimum atomic E-state index is -4.28. The lowest BCUT2D eigenvalue weighted by Crippen LogP contribution is -2.35. The van der Waals surface area contributed by atoms with E-state index in [0.717, 1.165) is 11.2 Å². The van der Waals surface area contributed by atoms with Crippen LogP contribution in [0.25, 0.3) is 22.2 Å². The van der Waals surface area contributed by atoms with Crippen LogP contribution in [0.5, 0.6) is 5.75 Å². The molecule has 0 aliphatic carbocycles. The summed E-state index contributed by atoms with van der Waals surface area (Å²) in [5.74, 6) is 0.936. The summed E-state index contributed by atoms with van der Waals surface area (Å²) in [6, 6.07) is 38.0. The van der Waals surface area contributed by atoms with Crippen LogP contribution in [-0.4, -0.2) is 54.7 Å². The third-order valence-electron chi connectivity index (χ3n) is 9.25. The Hall–Kier alpha value is -6.13. The van der Waals surface area contributed by atoms with Gasteiger partial charge in [-0.15, -0.1) is 0 Å². The largest absolute Gasteiger partial charge is 0.487 e. The molecule has 14 nitrogen and oxygen atoms in total. The van der Waals surface area contributed by atoms with Crippen LogP contribution in [0.4, 0.5) is 20.7 Å². The van der Waals surface area contributed by atoms with Crippen molar-refractivity contribution in [2.75, 3.05) is 30.7 Å². The molecular weight excluding hydrogens is 874 g/mol. The fourth-order valence-electron chi connectivity index (χ4n) is 6.05. The van der Waals surface area contributed by atoms with Crippen molar-refractivity contribution in [2.24, 2.45) is 0 Å². The predicted molar refractivity (Wildman–Crippen MR) is 235 cm³/mol. The number of anilines is 2. The quantitative estimate of drug-likeness (QED) is 0.0567. The third-order valence-corrected chi connectivity index (χ3v) is 11.8. The number of carbonyl (C=O) groups is 1. The van der Waals surface area contributed by atoms with Gasteiger partial charge in [-0.3, -0.25) is 13.9 Å². The number of nitrogens with zero attached hydrogens (tertiary/aromatic N) is 3. The lowest BCUT2D eigenvalue weighted by Gasteiger charge is -2.22. The summed E-state index contributed by atoms with van der Waals surface area (Å²) >= 11 is 6.55. The fourth-order valence-corrected chi connectivity index (χ4v) is 7.85. The summed E-state index contributed by atoms with van der Waals surface area (Å²) in [6.07, 6.45) is 1.52. The molecule has 1 amide bonds. The normalized spacial score (nSPS) is 11.7. The van der Waals surface area contributed by atoms with E-state index >= 15 is 0 Å². The van der Waals surface area contributed by atoms with Crippen molar-refractivity contribution >= 4 is 57.8 Å². The number of hydrogen-bond acceptors (Lipinski definition) is 13. The Morgan fingerprint density at radius 3 is 2.21 bits per heavy atom. The van der Waals surface area contributed by atoms with E-state index in [4.69, 9.17) is 39.1 Å². The van der Waals surface area contributed by atoms with Crippen molar-refractivity contribution in [3.05, 3.63) is 173 Å². The van der Waals surface area contributed by atoms with Crippen LogP contribution in [0.2, 0.25) is 5.02 Å². The number of phosphoric ester groups is 1. The maximum absolute atomic E-state index is 13.7. The van der Waals surface area contributed by atoms with Gasteiger partial charge in [-0.25, -0.2) is 36.7 Å². The van der Waals surface area contributed by atoms with Crippen LogP contribution in [0.15, 0.2) is 144 Å². The Morgan fingerprint density at radius 1 is 0.810 bits per heavy atom. The average Bonchev–Trinajstić information content (AvgIpc) is 3.75. The minimum Gasteiger partial charge on any atom is -0.487 e. The number of halogens is 2. The Labute approximate surface area is 368 Å². The number of hydrogen-bond donors (Lipinski definition) is 1. The number of amides is 1. The highest BCUT2D eigenvalue weighted by atomic mass is 35.5. The van der Waals surface area contributed by atoms with E-state index in [9.17, 15) is 22.2 Å². The summed E-state index contributed by atoms with van der Waals surface area (Å²) in [4.78, 5) is 23.4. The van der Waals surface area contributed by atoms with Crippen LogP contribution in [0.1, 0.15) is 22.5 Å². The van der Waals surface area contributed by atoms with Gasteiger partial charge >= 0.3 is 13.9 Å². The molecule has 0 aliphatic rings. The number of furan rings is 1. The predicted octanol–water partition coefficient (Wildman–Crippen LogP) is 10.5. The van der Waals surface area contributed by atoms with E-state index in [1.807, 2.05) is 24.3 Å². The van der Waals surface area contributed by atoms with E-state index in [-0.39, 0.29) is 44.5 Å². The van der Waals surface area contributed by atoms with Gasteiger partial charge < -0.3 is 19.2 Å². The van der Waals surface area contributed by atoms with Crippen LogP contribution in [0.3, 0.4) is 0 Å². The van der Waals surface area contributed by atoms with E-state index in [1.165, 1.54) is 18.5 Å². The van der Waals surface area contributed by atoms with Crippen LogP contribution in [-0.2, 0) is 59.1 Å². The first-order chi connectivity index (χ1) is 30.4. The molecule has 7 aromatic rings. The molecular formula is C45H41ClFN4O10PS. The fraction of sp³-hybridized carbons (Fsp3) is 0.178. The molecule has 0 spiro atoms. The topological polar surface area (TPSA) is 169 Å². The number of phosphoric acid groups is 1. The Kier molecular flexibility index (Phi) is 14.8. The van der Waals surface area contributed by atoms with Gasteiger partial charge in [-0.2, -0.15) is 0 Å². The monoisotopic (exact) mass is 914 g/mol. The second kappa shape index (κ2) is 20.8. The molecule has 326 valence electrons. The van der Waals surface area contributed by atoms with Gasteiger partial charge in [-0.05, 0) is 77.4 Å². The smallest absolute Gasteiger partial charge is 0.478 e. The highest BCUT2D eigenvalue weighted by molar-refractivity contribution is 7.90. The van der Waals surface area contributed by atoms with Gasteiger partial charge in [0.2, 0.25) is 6.79 Å². The molecule has 7 rings (SSSR count). The highest BCUT2D eigenvalue weighted by Gasteiger charge is 2.29. The molecule has 0 atom stereocenters. The Morgan fingerprint density at radius 2 is 1.52 bits per heavy atom. The summed E-state index contributed by atoms with van der Waals surface area (Å²) in [5.41, 5.74) is 4.00. The number of aromatic nitrogens is 2. The van der Waals surface area contributed by atoms with Gasteiger partial charge in [0.1, 0.15) is 51.7 Å². The molecule has 0 fully saturated rings. The highest BCUT2D eigenvalue weighted by Crippen LogP contribution is 2.51. The lowest BCUT2D eigenvalue weighted by molar-refractivity contribution is 0.00286. The summed E-state index contributed by atoms with van der Waals surface area (Å²) in [5, 5.41) is 4.27. The molecule has 0 radical (unpaired) electrons. The first-order valence-corrected chi connectivity index (χ1v) is 23.3. The van der Waals surface area contributed by atoms with Crippen molar-refractivity contribution in [1.29, 1.82) is 0 Å². The van der Waals surface area contributed by atoms with Gasteiger partial charge in [0.25, 0.3) is 0 Å². The summed E-state index contributed by atoms with van der Waals surface area (Å²) < 4.78 is 85.5. The number of rotatable bonds is 20. The Balaban J connectivity index is 1.01. The number of fused-ring (bicyclic) bond motifs is 1. The molecule has 0 aliphatic heterocycles. The zero-order valence-corrected chi connectivity index (χ0v) is 36.2. The summed E-state index contributed by atoms with van der Waals surface area (Å²) in [6.45, 7) is -1.32. The number of carbonyl (C=O) groups excluding carboxylic acids is 1. The molecule has 5 aromatic carbocycles. The van der Waals surface area contributed by atoms with Crippen LogP contribution >= 0.6 is 19.4 Å². The molecule has 2 aromatic heterocycles. The first-order valence-electron chi connectivity index (χ1n) is 19.4. The van der Waals surface area contributed by atoms with Crippen molar-refractivity contribution in [3.63, 3.8) is 0 Å². The van der Waals surface area contributed by atoms with Crippen LogP contribution in [0, 0.1) is 5.82 Å². The molecule has 0 saturated carbocycles. The average molecular weight is 915 g/mol. The number of nitrogens with one attached hydrogen (secondary N) is 1. The second-order valence-electron chi connectivity index (χ2n) is 14.1. The van der Waals surface area contributed by atoms with Gasteiger partial charge in [0.15, 0.2) is 0 Å². The first kappa shape index (κ1) is 44.9. The molecule has 1 N–H and O–H groups in total. The van der Waals surface area contributed by atoms with Crippen molar-refractivity contribution < 1.29 is 49.6 Å². The maximum atomic E-state index is 13.7. The third kappa shape index (κ3) is 13.2. The van der Waals surface area contributed by atoms with Crippen LogP contribution < -0.4 is 10.1 Å². The van der Waals surface area contributed by atoms with E-state index in [0.29, 0.717) is 67.0 Å². The number of benzene rings is 5. The van der Waals surface area contributed by atoms with Crippen molar-refractivity contribution in [1.82, 2.24) is 14.9 Å². The van der Waals surface area contributed by atoms with Gasteiger partial charge in [-0.1, -0.05) is 84.4 Å². The van der Waals surface area contributed by atoms with Crippen molar-refractivity contribution in [3.8, 4) is 17.1 Å². The van der Waals surface area contributed by atoms with E-state index in [2.05, 4.69) is 15.3 Å². The molecule has 0 saturated heterocycles. The second-order valence-corrected chi connectivity index (χ2v) is 18.4. The maximum Gasteiger partial charge on any atom is 0.478 e. The molecule has 18 heteroatoms. The molecule has 0 bridgehead atoms. The van der Waals surface area contributed by atoms with E-state index in [1.54, 1.807) is 97.1 Å². The van der Waals surface area contributed by atoms with Gasteiger partial charge in [0, 0.05) is 29.4 Å². The van der Waals surface area contributed by atoms with Gasteiger partial charge in [0.05, 0.1) is 36.1 Å². The zero-order valence-electron chi connectivity index (χ0n) is 33.8. The minimum absolute atomic E-state index is 0.107. The molecule has 63 heavy (non-hydrogen) atoms. The zero-order chi connectivity index (χ0) is 44.2. The SMILES string of the molecule is CS(=O)(=O)CCN(Cc1ccc(-c2ccc3ncnc(Nc4ccc(OCc5cccc(F)c5)c(Cl)c4)c3c2)o1)C(=O)OCOP(=O)(OCc1ccccc1)OCc1ccccc1. The standard InChI is InChI=1S/C45H41ClFN4O10PS/c1-63(54,55)22-21-51(45(52)57-31-60-62(53,58-28-32-9-4-2-5-10-32)59-29-33-11-6-3-7-12-33)26-38-17-20-42(61-38)35-15-18-41-39(24-35)44(49-30-48-41)50-37-16-19-43(40(46)25-37)56-27-34-13-8-14-36(47)23-34/h2-20,23-25,30H,21-22,26-29,31H2,1H3,(H,48,49,50). The van der Waals surface area contributed by atoms with Crippen molar-refractivity contribution in [2.45, 2.75) is 26.4 Å². The molecule has 0 unspecified atom stereocenters. The van der Waals surface area contributed by atoms with E-state index < -0.39 is 30.5 Å². The number of sulfone groups is 1. The Bertz CT molecular complexity index is 2770. The molecule has 2 heterocycles. The lowest BCUT2D eigenvalue weighted by atomic mass is 10.1. The number of ether oxygens (including phenoxy) is 2.